The number of hydrogen-bond acceptors (Lipinski definition) is 5. The van der Waals surface area contributed by atoms with Crippen LogP contribution in [0.3, 0.4) is 0 Å². The zero-order valence-corrected chi connectivity index (χ0v) is 19.4. The van der Waals surface area contributed by atoms with Crippen molar-refractivity contribution in [3.8, 4) is 0 Å². The Morgan fingerprint density at radius 1 is 1.10 bits per heavy atom. The van der Waals surface area contributed by atoms with Crippen LogP contribution >= 0.6 is 11.6 Å². The standard InChI is InChI=1S/C22H32ClN3O5/c1-6-31-20(29)16(11-12-17(24)27)25-19(28)18(13(2)3)26-21(30)22(4,5)14-7-9-15(23)10-8-14/h7-10,13,16,18H,6,11-12H2,1-5H3,(H2,24,27)(H,25,28)(H,26,30)/t16-,18+/m1/s1. The Labute approximate surface area is 188 Å². The molecule has 0 radical (unpaired) electrons. The minimum atomic E-state index is -1.04. The van der Waals surface area contributed by atoms with Gasteiger partial charge in [0, 0.05) is 11.4 Å². The number of ether oxygens (including phenoxy) is 1. The zero-order chi connectivity index (χ0) is 23.8. The van der Waals surface area contributed by atoms with Gasteiger partial charge in [-0.1, -0.05) is 37.6 Å². The van der Waals surface area contributed by atoms with E-state index in [1.807, 2.05) is 0 Å². The van der Waals surface area contributed by atoms with Crippen LogP contribution in [0.1, 0.15) is 53.0 Å². The number of amides is 3. The number of rotatable bonds is 11. The zero-order valence-electron chi connectivity index (χ0n) is 18.7. The minimum Gasteiger partial charge on any atom is -0.464 e. The van der Waals surface area contributed by atoms with E-state index in [9.17, 15) is 19.2 Å². The maximum Gasteiger partial charge on any atom is 0.328 e. The molecule has 4 N–H and O–H groups in total. The number of hydrogen-bond donors (Lipinski definition) is 3. The highest BCUT2D eigenvalue weighted by Gasteiger charge is 2.35. The van der Waals surface area contributed by atoms with Gasteiger partial charge in [-0.3, -0.25) is 14.4 Å². The van der Waals surface area contributed by atoms with Crippen LogP contribution in [-0.4, -0.2) is 42.4 Å². The molecule has 3 amide bonds. The predicted molar refractivity (Wildman–Crippen MR) is 118 cm³/mol. The van der Waals surface area contributed by atoms with Gasteiger partial charge in [-0.25, -0.2) is 4.79 Å². The predicted octanol–water partition coefficient (Wildman–Crippen LogP) is 2.07. The normalized spacial score (nSPS) is 13.3. The Morgan fingerprint density at radius 2 is 1.68 bits per heavy atom. The summed E-state index contributed by atoms with van der Waals surface area (Å²) in [5.74, 6) is -2.41. The van der Waals surface area contributed by atoms with Crippen LogP contribution in [0.4, 0.5) is 0 Å². The van der Waals surface area contributed by atoms with Crippen molar-refractivity contribution in [1.82, 2.24) is 10.6 Å². The first-order valence-corrected chi connectivity index (χ1v) is 10.6. The van der Waals surface area contributed by atoms with Gasteiger partial charge in [0.05, 0.1) is 12.0 Å². The van der Waals surface area contributed by atoms with E-state index >= 15 is 0 Å². The Bertz CT molecular complexity index is 793. The Kier molecular flexibility index (Phi) is 9.97. The summed E-state index contributed by atoms with van der Waals surface area (Å²) in [6, 6.07) is 4.97. The van der Waals surface area contributed by atoms with Crippen molar-refractivity contribution in [3.05, 3.63) is 34.9 Å². The summed E-state index contributed by atoms with van der Waals surface area (Å²) >= 11 is 5.93. The van der Waals surface area contributed by atoms with Gasteiger partial charge in [0.25, 0.3) is 0 Å². The molecule has 1 aromatic rings. The maximum atomic E-state index is 13.0. The van der Waals surface area contributed by atoms with E-state index in [2.05, 4.69) is 10.6 Å². The summed E-state index contributed by atoms with van der Waals surface area (Å²) in [5, 5.41) is 5.93. The maximum absolute atomic E-state index is 13.0. The first kappa shape index (κ1) is 26.4. The molecule has 2 atom stereocenters. The highest BCUT2D eigenvalue weighted by atomic mass is 35.5. The van der Waals surface area contributed by atoms with Crippen molar-refractivity contribution >= 4 is 35.3 Å². The van der Waals surface area contributed by atoms with Crippen LogP contribution < -0.4 is 16.4 Å². The average molecular weight is 454 g/mol. The summed E-state index contributed by atoms with van der Waals surface area (Å²) in [4.78, 5) is 49.3. The Hall–Kier alpha value is -2.61. The van der Waals surface area contributed by atoms with E-state index in [1.54, 1.807) is 58.9 Å². The molecule has 0 unspecified atom stereocenters. The fraction of sp³-hybridized carbons (Fsp3) is 0.545. The van der Waals surface area contributed by atoms with Gasteiger partial charge in [0.2, 0.25) is 17.7 Å². The lowest BCUT2D eigenvalue weighted by Crippen LogP contribution is -2.56. The van der Waals surface area contributed by atoms with Gasteiger partial charge in [-0.15, -0.1) is 0 Å². The third kappa shape index (κ3) is 7.86. The summed E-state index contributed by atoms with van der Waals surface area (Å²) in [6.07, 6.45) is -0.0823. The summed E-state index contributed by atoms with van der Waals surface area (Å²) < 4.78 is 4.98. The molecule has 0 aliphatic carbocycles. The Balaban J connectivity index is 2.98. The van der Waals surface area contributed by atoms with Gasteiger partial charge in [-0.2, -0.15) is 0 Å². The number of esters is 1. The minimum absolute atomic E-state index is 0.00887. The third-order valence-electron chi connectivity index (χ3n) is 4.94. The number of nitrogens with two attached hydrogens (primary N) is 1. The van der Waals surface area contributed by atoms with E-state index in [0.29, 0.717) is 5.02 Å². The molecule has 0 aliphatic rings. The van der Waals surface area contributed by atoms with Crippen molar-refractivity contribution in [1.29, 1.82) is 0 Å². The molecule has 0 aliphatic heterocycles. The van der Waals surface area contributed by atoms with Gasteiger partial charge < -0.3 is 21.1 Å². The van der Waals surface area contributed by atoms with E-state index < -0.39 is 35.3 Å². The van der Waals surface area contributed by atoms with Crippen LogP contribution in [0, 0.1) is 5.92 Å². The molecule has 8 nitrogen and oxygen atoms in total. The van der Waals surface area contributed by atoms with E-state index in [1.165, 1.54) is 0 Å². The van der Waals surface area contributed by atoms with Crippen LogP contribution in [-0.2, 0) is 29.3 Å². The lowest BCUT2D eigenvalue weighted by molar-refractivity contribution is -0.148. The molecule has 0 aromatic heterocycles. The molecule has 0 spiro atoms. The number of halogens is 1. The van der Waals surface area contributed by atoms with Crippen molar-refractivity contribution < 1.29 is 23.9 Å². The lowest BCUT2D eigenvalue weighted by atomic mass is 9.83. The molecule has 0 heterocycles. The van der Waals surface area contributed by atoms with E-state index in [0.717, 1.165) is 5.56 Å². The highest BCUT2D eigenvalue weighted by molar-refractivity contribution is 6.30. The summed E-state index contributed by atoms with van der Waals surface area (Å²) in [5.41, 5.74) is 4.98. The highest BCUT2D eigenvalue weighted by Crippen LogP contribution is 2.25. The molecule has 172 valence electrons. The largest absolute Gasteiger partial charge is 0.464 e. The van der Waals surface area contributed by atoms with Crippen molar-refractivity contribution in [2.24, 2.45) is 11.7 Å². The molecular weight excluding hydrogens is 422 g/mol. The van der Waals surface area contributed by atoms with E-state index in [4.69, 9.17) is 22.1 Å². The first-order valence-electron chi connectivity index (χ1n) is 10.2. The van der Waals surface area contributed by atoms with Crippen LogP contribution in [0.2, 0.25) is 5.02 Å². The number of benzene rings is 1. The fourth-order valence-corrected chi connectivity index (χ4v) is 3.02. The van der Waals surface area contributed by atoms with Crippen LogP contribution in [0.5, 0.6) is 0 Å². The van der Waals surface area contributed by atoms with Gasteiger partial charge >= 0.3 is 5.97 Å². The third-order valence-corrected chi connectivity index (χ3v) is 5.19. The van der Waals surface area contributed by atoms with Crippen molar-refractivity contribution in [2.75, 3.05) is 6.61 Å². The molecule has 0 saturated carbocycles. The van der Waals surface area contributed by atoms with Gasteiger partial charge in [-0.05, 0) is 50.8 Å². The number of carbonyl (C=O) groups excluding carboxylic acids is 4. The first-order chi connectivity index (χ1) is 14.4. The topological polar surface area (TPSA) is 128 Å². The molecule has 31 heavy (non-hydrogen) atoms. The Morgan fingerprint density at radius 3 is 2.16 bits per heavy atom. The number of carbonyl (C=O) groups is 4. The van der Waals surface area contributed by atoms with Crippen molar-refractivity contribution in [2.45, 2.75) is 65.0 Å². The molecule has 1 rings (SSSR count). The molecule has 9 heteroatoms. The molecule has 0 bridgehead atoms. The van der Waals surface area contributed by atoms with Crippen LogP contribution in [0.25, 0.3) is 0 Å². The van der Waals surface area contributed by atoms with Crippen molar-refractivity contribution in [3.63, 3.8) is 0 Å². The second-order valence-electron chi connectivity index (χ2n) is 8.15. The second-order valence-corrected chi connectivity index (χ2v) is 8.58. The molecular formula is C22H32ClN3O5. The fourth-order valence-electron chi connectivity index (χ4n) is 2.89. The molecule has 0 saturated heterocycles. The summed E-state index contributed by atoms with van der Waals surface area (Å²) in [7, 11) is 0. The summed E-state index contributed by atoms with van der Waals surface area (Å²) in [6.45, 7) is 8.82. The van der Waals surface area contributed by atoms with Gasteiger partial charge in [0.1, 0.15) is 12.1 Å². The SMILES string of the molecule is CCOC(=O)[C@@H](CCC(N)=O)NC(=O)[C@@H](NC(=O)C(C)(C)c1ccc(Cl)cc1)C(C)C. The molecule has 1 aromatic carbocycles. The van der Waals surface area contributed by atoms with Crippen LogP contribution in [0.15, 0.2) is 24.3 Å². The number of primary amides is 1. The second kappa shape index (κ2) is 11.7. The lowest BCUT2D eigenvalue weighted by Gasteiger charge is -2.30. The smallest absolute Gasteiger partial charge is 0.328 e. The van der Waals surface area contributed by atoms with Gasteiger partial charge in [0.15, 0.2) is 0 Å². The van der Waals surface area contributed by atoms with E-state index in [-0.39, 0.29) is 31.3 Å². The average Bonchev–Trinajstić information content (AvgIpc) is 2.68. The quantitative estimate of drug-likeness (QED) is 0.442. The number of nitrogens with one attached hydrogen (secondary N) is 2. The monoisotopic (exact) mass is 453 g/mol. The molecule has 0 fully saturated rings.